The average molecular weight is 394 g/mol. The predicted octanol–water partition coefficient (Wildman–Crippen LogP) is 4.35. The quantitative estimate of drug-likeness (QED) is 0.652. The van der Waals surface area contributed by atoms with Gasteiger partial charge in [-0.05, 0) is 54.6 Å². The molecule has 0 atom stereocenters. The first-order chi connectivity index (χ1) is 14.0. The molecule has 0 bridgehead atoms. The maximum atomic E-state index is 13.0. The van der Waals surface area contributed by atoms with Crippen molar-refractivity contribution in [1.29, 1.82) is 0 Å². The summed E-state index contributed by atoms with van der Waals surface area (Å²) in [5.41, 5.74) is 1.48. The lowest BCUT2D eigenvalue weighted by atomic mass is 10.1. The van der Waals surface area contributed by atoms with E-state index in [2.05, 4.69) is 10.6 Å². The summed E-state index contributed by atoms with van der Waals surface area (Å²) >= 11 is 0. The van der Waals surface area contributed by atoms with E-state index in [0.717, 1.165) is 0 Å². The zero-order chi connectivity index (χ0) is 20.8. The van der Waals surface area contributed by atoms with E-state index in [0.29, 0.717) is 34.0 Å². The van der Waals surface area contributed by atoms with Crippen molar-refractivity contribution in [3.05, 3.63) is 83.7 Å². The van der Waals surface area contributed by atoms with Gasteiger partial charge in [0.1, 0.15) is 17.3 Å². The van der Waals surface area contributed by atoms with Gasteiger partial charge in [-0.1, -0.05) is 6.07 Å². The van der Waals surface area contributed by atoms with Crippen molar-refractivity contribution in [2.24, 2.45) is 0 Å². The maximum Gasteiger partial charge on any atom is 0.255 e. The fraction of sp³-hybridized carbons (Fsp3) is 0.0909. The van der Waals surface area contributed by atoms with E-state index < -0.39 is 17.6 Å². The molecule has 0 saturated heterocycles. The van der Waals surface area contributed by atoms with Crippen molar-refractivity contribution in [3.8, 4) is 11.5 Å². The minimum atomic E-state index is -0.412. The summed E-state index contributed by atoms with van der Waals surface area (Å²) in [5.74, 6) is -0.175. The molecule has 0 saturated carbocycles. The highest BCUT2D eigenvalue weighted by molar-refractivity contribution is 6.09. The van der Waals surface area contributed by atoms with Crippen LogP contribution in [0.4, 0.5) is 15.8 Å². The first-order valence-corrected chi connectivity index (χ1v) is 8.70. The molecule has 148 valence electrons. The van der Waals surface area contributed by atoms with Crippen LogP contribution in [0.3, 0.4) is 0 Å². The van der Waals surface area contributed by atoms with E-state index in [-0.39, 0.29) is 0 Å². The molecule has 2 amide bonds. The summed E-state index contributed by atoms with van der Waals surface area (Å²) in [4.78, 5) is 25.1. The third-order valence-electron chi connectivity index (χ3n) is 4.14. The van der Waals surface area contributed by atoms with Gasteiger partial charge in [0.05, 0.1) is 19.9 Å². The summed E-state index contributed by atoms with van der Waals surface area (Å²) in [6, 6.07) is 16.7. The molecule has 3 aromatic carbocycles. The van der Waals surface area contributed by atoms with Gasteiger partial charge in [-0.15, -0.1) is 0 Å². The number of hydrogen-bond acceptors (Lipinski definition) is 4. The van der Waals surface area contributed by atoms with Gasteiger partial charge in [0.25, 0.3) is 11.8 Å². The van der Waals surface area contributed by atoms with Crippen molar-refractivity contribution < 1.29 is 23.5 Å². The first-order valence-electron chi connectivity index (χ1n) is 8.70. The van der Waals surface area contributed by atoms with Crippen LogP contribution in [0.15, 0.2) is 66.7 Å². The number of ether oxygens (including phenoxy) is 2. The van der Waals surface area contributed by atoms with Crippen molar-refractivity contribution in [1.82, 2.24) is 0 Å². The molecule has 0 unspecified atom stereocenters. The normalized spacial score (nSPS) is 10.2. The largest absolute Gasteiger partial charge is 0.497 e. The number of methoxy groups -OCH3 is 2. The highest BCUT2D eigenvalue weighted by atomic mass is 19.1. The van der Waals surface area contributed by atoms with E-state index in [1.807, 2.05) is 0 Å². The molecule has 0 fully saturated rings. The summed E-state index contributed by atoms with van der Waals surface area (Å²) in [5, 5.41) is 5.42. The Balaban J connectivity index is 1.77. The number of rotatable bonds is 6. The van der Waals surface area contributed by atoms with Gasteiger partial charge in [0.15, 0.2) is 0 Å². The van der Waals surface area contributed by atoms with Crippen molar-refractivity contribution in [2.45, 2.75) is 0 Å². The molecular weight excluding hydrogens is 375 g/mol. The molecule has 7 heteroatoms. The second-order valence-corrected chi connectivity index (χ2v) is 6.06. The lowest BCUT2D eigenvalue weighted by Gasteiger charge is -2.12. The number of anilines is 2. The fourth-order valence-corrected chi connectivity index (χ4v) is 2.64. The summed E-state index contributed by atoms with van der Waals surface area (Å²) < 4.78 is 23.4. The second kappa shape index (κ2) is 8.88. The van der Waals surface area contributed by atoms with Gasteiger partial charge < -0.3 is 20.1 Å². The number of benzene rings is 3. The summed E-state index contributed by atoms with van der Waals surface area (Å²) in [6.45, 7) is 0. The van der Waals surface area contributed by atoms with Crippen LogP contribution in [-0.4, -0.2) is 26.0 Å². The molecule has 0 spiro atoms. The van der Waals surface area contributed by atoms with Crippen LogP contribution in [0.2, 0.25) is 0 Å². The Morgan fingerprint density at radius 1 is 0.793 bits per heavy atom. The van der Waals surface area contributed by atoms with Gasteiger partial charge in [-0.3, -0.25) is 9.59 Å². The van der Waals surface area contributed by atoms with E-state index in [4.69, 9.17) is 9.47 Å². The second-order valence-electron chi connectivity index (χ2n) is 6.06. The van der Waals surface area contributed by atoms with E-state index in [1.54, 1.807) is 36.4 Å². The standard InChI is InChI=1S/C22H19FN2O4/c1-28-18-10-11-20(29-2)19(13-18)25-22(27)15-5-3-4-14(12-15)21(26)24-17-8-6-16(23)7-9-17/h3-13H,1-2H3,(H,24,26)(H,25,27). The SMILES string of the molecule is COc1ccc(OC)c(NC(=O)c2cccc(C(=O)Nc3ccc(F)cc3)c2)c1. The number of halogens is 1. The molecule has 0 aliphatic rings. The smallest absolute Gasteiger partial charge is 0.255 e. The molecule has 0 heterocycles. The van der Waals surface area contributed by atoms with Crippen LogP contribution >= 0.6 is 0 Å². The maximum absolute atomic E-state index is 13.0. The van der Waals surface area contributed by atoms with Gasteiger partial charge in [-0.2, -0.15) is 0 Å². The molecular formula is C22H19FN2O4. The van der Waals surface area contributed by atoms with Crippen LogP contribution < -0.4 is 20.1 Å². The minimum Gasteiger partial charge on any atom is -0.497 e. The molecule has 0 radical (unpaired) electrons. The third-order valence-corrected chi connectivity index (χ3v) is 4.14. The van der Waals surface area contributed by atoms with Gasteiger partial charge in [0.2, 0.25) is 0 Å². The Morgan fingerprint density at radius 2 is 1.45 bits per heavy atom. The van der Waals surface area contributed by atoms with E-state index >= 15 is 0 Å². The monoisotopic (exact) mass is 394 g/mol. The fourth-order valence-electron chi connectivity index (χ4n) is 2.64. The summed E-state index contributed by atoms with van der Waals surface area (Å²) in [6.07, 6.45) is 0. The zero-order valence-corrected chi connectivity index (χ0v) is 15.9. The van der Waals surface area contributed by atoms with E-state index in [1.165, 1.54) is 44.6 Å². The Hall–Kier alpha value is -3.87. The molecule has 6 nitrogen and oxygen atoms in total. The molecule has 0 aliphatic carbocycles. The Morgan fingerprint density at radius 3 is 2.07 bits per heavy atom. The number of nitrogens with one attached hydrogen (secondary N) is 2. The van der Waals surface area contributed by atoms with Crippen molar-refractivity contribution in [3.63, 3.8) is 0 Å². The lowest BCUT2D eigenvalue weighted by molar-refractivity contribution is 0.102. The van der Waals surface area contributed by atoms with Crippen LogP contribution in [0.25, 0.3) is 0 Å². The topological polar surface area (TPSA) is 76.7 Å². The van der Waals surface area contributed by atoms with Gasteiger partial charge in [0, 0.05) is 22.9 Å². The molecule has 0 aromatic heterocycles. The Bertz CT molecular complexity index is 1040. The molecule has 3 aromatic rings. The van der Waals surface area contributed by atoms with Crippen LogP contribution in [0, 0.1) is 5.82 Å². The number of amides is 2. The highest BCUT2D eigenvalue weighted by Gasteiger charge is 2.14. The third kappa shape index (κ3) is 4.90. The van der Waals surface area contributed by atoms with Crippen LogP contribution in [0.5, 0.6) is 11.5 Å². The van der Waals surface area contributed by atoms with Crippen LogP contribution in [-0.2, 0) is 0 Å². The minimum absolute atomic E-state index is 0.291. The number of carbonyl (C=O) groups is 2. The summed E-state index contributed by atoms with van der Waals surface area (Å²) in [7, 11) is 3.02. The molecule has 29 heavy (non-hydrogen) atoms. The molecule has 3 rings (SSSR count). The molecule has 0 aliphatic heterocycles. The number of carbonyl (C=O) groups excluding carboxylic acids is 2. The van der Waals surface area contributed by atoms with Crippen molar-refractivity contribution in [2.75, 3.05) is 24.9 Å². The predicted molar refractivity (Wildman–Crippen MR) is 108 cm³/mol. The Labute approximate surface area is 167 Å². The van der Waals surface area contributed by atoms with Crippen LogP contribution in [0.1, 0.15) is 20.7 Å². The zero-order valence-electron chi connectivity index (χ0n) is 15.9. The first kappa shape index (κ1) is 19.9. The average Bonchev–Trinajstić information content (AvgIpc) is 2.75. The highest BCUT2D eigenvalue weighted by Crippen LogP contribution is 2.29. The van der Waals surface area contributed by atoms with Gasteiger partial charge in [-0.25, -0.2) is 4.39 Å². The van der Waals surface area contributed by atoms with Crippen molar-refractivity contribution >= 4 is 23.2 Å². The Kier molecular flexibility index (Phi) is 6.09. The lowest BCUT2D eigenvalue weighted by Crippen LogP contribution is -2.16. The molecule has 2 N–H and O–H groups in total. The van der Waals surface area contributed by atoms with E-state index in [9.17, 15) is 14.0 Å². The number of hydrogen-bond donors (Lipinski definition) is 2. The van der Waals surface area contributed by atoms with Gasteiger partial charge >= 0.3 is 0 Å².